The minimum atomic E-state index is -1.02. The predicted octanol–water partition coefficient (Wildman–Crippen LogP) is 5.36. The number of carboxylic acids is 1. The fourth-order valence-electron chi connectivity index (χ4n) is 3.79. The lowest BCUT2D eigenvalue weighted by Crippen LogP contribution is -2.25. The first-order valence-electron chi connectivity index (χ1n) is 10.6. The van der Waals surface area contributed by atoms with Gasteiger partial charge in [0.2, 0.25) is 5.88 Å². The number of fused-ring (bicyclic) bond motifs is 1. The third-order valence-corrected chi connectivity index (χ3v) is 5.85. The van der Waals surface area contributed by atoms with Gasteiger partial charge in [-0.05, 0) is 80.5 Å². The van der Waals surface area contributed by atoms with Crippen molar-refractivity contribution in [1.82, 2.24) is 9.99 Å². The molecule has 0 fully saturated rings. The van der Waals surface area contributed by atoms with Gasteiger partial charge in [0.05, 0.1) is 22.4 Å². The average molecular weight is 473 g/mol. The molecule has 4 rings (SSSR count). The van der Waals surface area contributed by atoms with Gasteiger partial charge in [-0.3, -0.25) is 9.99 Å². The molecule has 4 N–H and O–H groups in total. The van der Waals surface area contributed by atoms with Crippen LogP contribution in [-0.2, 0) is 0 Å². The quantitative estimate of drug-likeness (QED) is 0.177. The minimum Gasteiger partial charge on any atom is -0.494 e. The molecular weight excluding hydrogens is 448 g/mol. The van der Waals surface area contributed by atoms with E-state index in [1.54, 1.807) is 19.1 Å². The molecular formula is C26H24N4O3S. The number of carboxylic acid groups (broad SMARTS) is 1. The second-order valence-corrected chi connectivity index (χ2v) is 8.38. The zero-order valence-electron chi connectivity index (χ0n) is 19.0. The van der Waals surface area contributed by atoms with E-state index in [1.165, 1.54) is 17.7 Å². The van der Waals surface area contributed by atoms with Gasteiger partial charge in [0.1, 0.15) is 0 Å². The highest BCUT2D eigenvalue weighted by atomic mass is 32.1. The summed E-state index contributed by atoms with van der Waals surface area (Å²) in [4.78, 5) is 11.2. The maximum atomic E-state index is 11.2. The Labute approximate surface area is 202 Å². The number of aromatic carboxylic acids is 1. The number of thiocarbonyl (C=S) groups is 1. The number of nitrogens with zero attached hydrogens (tertiary/aromatic N) is 2. The van der Waals surface area contributed by atoms with Gasteiger partial charge in [-0.1, -0.05) is 30.3 Å². The van der Waals surface area contributed by atoms with Crippen LogP contribution in [0.5, 0.6) is 5.88 Å². The molecule has 0 saturated carbocycles. The van der Waals surface area contributed by atoms with Crippen LogP contribution in [0.2, 0.25) is 0 Å². The zero-order chi connectivity index (χ0) is 24.4. The molecule has 0 bridgehead atoms. The van der Waals surface area contributed by atoms with Gasteiger partial charge < -0.3 is 15.5 Å². The van der Waals surface area contributed by atoms with Crippen molar-refractivity contribution in [3.8, 4) is 11.6 Å². The Morgan fingerprint density at radius 1 is 1.00 bits per heavy atom. The summed E-state index contributed by atoms with van der Waals surface area (Å²) in [5, 5.41) is 28.7. The van der Waals surface area contributed by atoms with Crippen molar-refractivity contribution >= 4 is 45.6 Å². The van der Waals surface area contributed by atoms with Crippen molar-refractivity contribution in [1.29, 1.82) is 0 Å². The fraction of sp³-hybridized carbons (Fsp3) is 0.115. The van der Waals surface area contributed by atoms with E-state index in [9.17, 15) is 9.90 Å². The van der Waals surface area contributed by atoms with E-state index in [2.05, 4.69) is 22.8 Å². The Bertz CT molecular complexity index is 1460. The number of aromatic nitrogens is 1. The molecule has 0 atom stereocenters. The van der Waals surface area contributed by atoms with Crippen LogP contribution in [0.3, 0.4) is 0 Å². The number of hydrazone groups is 1. The van der Waals surface area contributed by atoms with Crippen molar-refractivity contribution in [2.24, 2.45) is 5.10 Å². The molecule has 34 heavy (non-hydrogen) atoms. The molecule has 0 radical (unpaired) electrons. The van der Waals surface area contributed by atoms with Gasteiger partial charge in [0.15, 0.2) is 5.11 Å². The number of nitrogens with one attached hydrogen (secondary N) is 2. The fourth-order valence-corrected chi connectivity index (χ4v) is 3.95. The van der Waals surface area contributed by atoms with Crippen LogP contribution in [0.25, 0.3) is 16.6 Å². The van der Waals surface area contributed by atoms with Crippen LogP contribution >= 0.6 is 12.2 Å². The Morgan fingerprint density at radius 2 is 1.76 bits per heavy atom. The molecule has 1 heterocycles. The van der Waals surface area contributed by atoms with Crippen molar-refractivity contribution < 1.29 is 15.0 Å². The number of carbonyl (C=O) groups is 1. The number of hydrogen-bond acceptors (Lipinski definition) is 4. The molecule has 8 heteroatoms. The first-order valence-corrected chi connectivity index (χ1v) is 11.0. The largest absolute Gasteiger partial charge is 0.494 e. The number of anilines is 1. The van der Waals surface area contributed by atoms with Crippen LogP contribution in [0.15, 0.2) is 71.8 Å². The SMILES string of the molecule is CC(=NNC(=S)Nc1cccc(C(=O)O)c1)c1c(O)n(-c2ccc(C)c(C)c2)c2ccccc12. The zero-order valence-corrected chi connectivity index (χ0v) is 19.8. The lowest BCUT2D eigenvalue weighted by Gasteiger charge is -2.10. The smallest absolute Gasteiger partial charge is 0.335 e. The topological polar surface area (TPSA) is 98.9 Å². The van der Waals surface area contributed by atoms with Crippen LogP contribution < -0.4 is 10.7 Å². The summed E-state index contributed by atoms with van der Waals surface area (Å²) < 4.78 is 1.81. The summed E-state index contributed by atoms with van der Waals surface area (Å²) in [5.74, 6) is -0.937. The van der Waals surface area contributed by atoms with Crippen molar-refractivity contribution in [3.63, 3.8) is 0 Å². The Balaban J connectivity index is 1.65. The number of aromatic hydroxyl groups is 1. The molecule has 4 aromatic rings. The number of rotatable bonds is 5. The Morgan fingerprint density at radius 3 is 2.50 bits per heavy atom. The molecule has 0 aliphatic rings. The molecule has 0 aliphatic carbocycles. The van der Waals surface area contributed by atoms with E-state index in [0.29, 0.717) is 17.0 Å². The van der Waals surface area contributed by atoms with Gasteiger partial charge in [-0.15, -0.1) is 0 Å². The van der Waals surface area contributed by atoms with Crippen LogP contribution in [0.4, 0.5) is 5.69 Å². The summed E-state index contributed by atoms with van der Waals surface area (Å²) in [6.45, 7) is 5.88. The number of benzene rings is 3. The van der Waals surface area contributed by atoms with E-state index in [4.69, 9.17) is 17.3 Å². The maximum absolute atomic E-state index is 11.2. The summed E-state index contributed by atoms with van der Waals surface area (Å²) in [7, 11) is 0. The van der Waals surface area contributed by atoms with Crippen LogP contribution in [-0.4, -0.2) is 31.6 Å². The minimum absolute atomic E-state index is 0.0838. The molecule has 0 spiro atoms. The van der Waals surface area contributed by atoms with Gasteiger partial charge in [0.25, 0.3) is 0 Å². The number of hydrogen-bond donors (Lipinski definition) is 4. The first kappa shape index (κ1) is 23.0. The van der Waals surface area contributed by atoms with E-state index in [-0.39, 0.29) is 16.6 Å². The normalized spacial score (nSPS) is 11.4. The van der Waals surface area contributed by atoms with Crippen LogP contribution in [0.1, 0.15) is 34.0 Å². The lowest BCUT2D eigenvalue weighted by atomic mass is 10.1. The van der Waals surface area contributed by atoms with E-state index >= 15 is 0 Å². The van der Waals surface area contributed by atoms with Crippen molar-refractivity contribution in [2.45, 2.75) is 20.8 Å². The predicted molar refractivity (Wildman–Crippen MR) is 139 cm³/mol. The average Bonchev–Trinajstić information content (AvgIpc) is 3.11. The highest BCUT2D eigenvalue weighted by Crippen LogP contribution is 2.35. The second kappa shape index (κ2) is 9.36. The highest BCUT2D eigenvalue weighted by molar-refractivity contribution is 7.80. The second-order valence-electron chi connectivity index (χ2n) is 7.97. The summed E-state index contributed by atoms with van der Waals surface area (Å²) in [5.41, 5.74) is 8.62. The molecule has 1 aromatic heterocycles. The molecule has 172 valence electrons. The Kier molecular flexibility index (Phi) is 6.34. The number of aryl methyl sites for hydroxylation is 2. The molecule has 0 amide bonds. The molecule has 0 unspecified atom stereocenters. The molecule has 0 aliphatic heterocycles. The van der Waals surface area contributed by atoms with Gasteiger partial charge >= 0.3 is 5.97 Å². The Hall–Kier alpha value is -4.17. The van der Waals surface area contributed by atoms with Crippen molar-refractivity contribution in [3.05, 3.63) is 89.0 Å². The van der Waals surface area contributed by atoms with Gasteiger partial charge in [-0.2, -0.15) is 5.10 Å². The van der Waals surface area contributed by atoms with Gasteiger partial charge in [0, 0.05) is 16.8 Å². The first-order chi connectivity index (χ1) is 16.3. The van der Waals surface area contributed by atoms with Gasteiger partial charge in [-0.25, -0.2) is 4.79 Å². The number of para-hydroxylation sites is 1. The standard InChI is InChI=1S/C26H24N4O3S/c1-15-11-12-20(13-16(15)2)30-22-10-5-4-9-21(22)23(24(30)31)17(3)28-29-26(34)27-19-8-6-7-18(14-19)25(32)33/h4-14,31H,1-3H3,(H,32,33)(H2,27,29,34). The van der Waals surface area contributed by atoms with E-state index in [0.717, 1.165) is 22.2 Å². The lowest BCUT2D eigenvalue weighted by molar-refractivity contribution is 0.0697. The molecule has 7 nitrogen and oxygen atoms in total. The third kappa shape index (κ3) is 4.49. The van der Waals surface area contributed by atoms with Crippen molar-refractivity contribution in [2.75, 3.05) is 5.32 Å². The van der Waals surface area contributed by atoms with E-state index in [1.807, 2.05) is 54.0 Å². The molecule has 0 saturated heterocycles. The summed E-state index contributed by atoms with van der Waals surface area (Å²) >= 11 is 5.31. The highest BCUT2D eigenvalue weighted by Gasteiger charge is 2.20. The maximum Gasteiger partial charge on any atom is 0.335 e. The summed E-state index contributed by atoms with van der Waals surface area (Å²) in [6.07, 6.45) is 0. The third-order valence-electron chi connectivity index (χ3n) is 5.65. The summed E-state index contributed by atoms with van der Waals surface area (Å²) in [6, 6.07) is 20.1. The molecule has 3 aromatic carbocycles. The monoisotopic (exact) mass is 472 g/mol. The van der Waals surface area contributed by atoms with Crippen LogP contribution in [0, 0.1) is 13.8 Å². The van der Waals surface area contributed by atoms with E-state index < -0.39 is 5.97 Å².